The molecule has 0 radical (unpaired) electrons. The Balaban J connectivity index is 2.90. The minimum atomic E-state index is 0.0541. The smallest absolute Gasteiger partial charge is 0.255 e. The Hall–Kier alpha value is -0.970. The summed E-state index contributed by atoms with van der Waals surface area (Å²) in [4.78, 5) is 14.3. The second kappa shape index (κ2) is 7.46. The van der Waals surface area contributed by atoms with Gasteiger partial charge in [0.15, 0.2) is 0 Å². The van der Waals surface area contributed by atoms with Crippen LogP contribution in [0.3, 0.4) is 0 Å². The molecule has 0 N–H and O–H groups in total. The predicted octanol–water partition coefficient (Wildman–Crippen LogP) is 2.73. The molecule has 4 nitrogen and oxygen atoms in total. The Morgan fingerprint density at radius 2 is 2.06 bits per heavy atom. The minimum absolute atomic E-state index is 0.0541. The number of hydrogen-bond acceptors (Lipinski definition) is 3. The van der Waals surface area contributed by atoms with Gasteiger partial charge >= 0.3 is 0 Å². The van der Waals surface area contributed by atoms with Crippen molar-refractivity contribution in [3.63, 3.8) is 0 Å². The number of nitrogens with zero attached hydrogens (tertiary/aromatic N) is 3. The number of rotatable bonds is 6. The fourth-order valence-corrected chi connectivity index (χ4v) is 2.13. The van der Waals surface area contributed by atoms with Crippen LogP contribution in [0.4, 0.5) is 0 Å². The molecule has 1 heterocycles. The molecule has 0 aromatic carbocycles. The monoisotopic (exact) mass is 313 g/mol. The maximum absolute atomic E-state index is 12.5. The van der Waals surface area contributed by atoms with Crippen molar-refractivity contribution in [2.45, 2.75) is 33.6 Å². The third-order valence-corrected chi connectivity index (χ3v) is 3.11. The molecule has 18 heavy (non-hydrogen) atoms. The van der Waals surface area contributed by atoms with Crippen molar-refractivity contribution in [1.82, 2.24) is 15.1 Å². The highest BCUT2D eigenvalue weighted by atomic mass is 79.9. The van der Waals surface area contributed by atoms with Crippen LogP contribution in [-0.2, 0) is 0 Å². The van der Waals surface area contributed by atoms with E-state index in [1.54, 1.807) is 0 Å². The number of alkyl halides is 1. The zero-order chi connectivity index (χ0) is 13.5. The Bertz CT molecular complexity index is 409. The molecule has 0 fully saturated rings. The van der Waals surface area contributed by atoms with Crippen LogP contribution >= 0.6 is 15.9 Å². The lowest BCUT2D eigenvalue weighted by atomic mass is 10.1. The fourth-order valence-electron chi connectivity index (χ4n) is 1.70. The summed E-state index contributed by atoms with van der Waals surface area (Å²) in [5.74, 6) is 0.0541. The molecule has 1 aromatic heterocycles. The number of aromatic nitrogens is 2. The molecule has 0 aliphatic rings. The summed E-state index contributed by atoms with van der Waals surface area (Å²) in [5.41, 5.74) is 2.14. The van der Waals surface area contributed by atoms with E-state index in [1.165, 1.54) is 0 Å². The standard InChI is InChI=1S/C13H20BrN3O/c1-4-5-7-17(8-6-14)13(18)12-9-10(2)15-16-11(12)3/h9H,4-8H2,1-3H3. The van der Waals surface area contributed by atoms with Crippen LogP contribution in [0.1, 0.15) is 41.5 Å². The molecule has 5 heteroatoms. The summed E-state index contributed by atoms with van der Waals surface area (Å²) >= 11 is 3.39. The number of halogens is 1. The van der Waals surface area contributed by atoms with Crippen LogP contribution in [-0.4, -0.2) is 39.4 Å². The van der Waals surface area contributed by atoms with Crippen molar-refractivity contribution in [3.8, 4) is 0 Å². The maximum atomic E-state index is 12.5. The maximum Gasteiger partial charge on any atom is 0.255 e. The van der Waals surface area contributed by atoms with Gasteiger partial charge in [-0.1, -0.05) is 29.3 Å². The summed E-state index contributed by atoms with van der Waals surface area (Å²) in [6.45, 7) is 7.32. The molecule has 0 atom stereocenters. The summed E-state index contributed by atoms with van der Waals surface area (Å²) in [7, 11) is 0. The largest absolute Gasteiger partial charge is 0.338 e. The summed E-state index contributed by atoms with van der Waals surface area (Å²) < 4.78 is 0. The van der Waals surface area contributed by atoms with Crippen LogP contribution in [0, 0.1) is 13.8 Å². The van der Waals surface area contributed by atoms with Crippen LogP contribution in [0.25, 0.3) is 0 Å². The number of hydrogen-bond donors (Lipinski definition) is 0. The highest BCUT2D eigenvalue weighted by molar-refractivity contribution is 9.09. The van der Waals surface area contributed by atoms with Crippen molar-refractivity contribution in [3.05, 3.63) is 23.0 Å². The quantitative estimate of drug-likeness (QED) is 0.759. The third-order valence-electron chi connectivity index (χ3n) is 2.75. The van der Waals surface area contributed by atoms with Crippen molar-refractivity contribution in [1.29, 1.82) is 0 Å². The molecule has 1 amide bonds. The number of amides is 1. The van der Waals surface area contributed by atoms with E-state index < -0.39 is 0 Å². The van der Waals surface area contributed by atoms with Gasteiger partial charge in [-0.05, 0) is 26.3 Å². The molecule has 0 saturated heterocycles. The lowest BCUT2D eigenvalue weighted by Crippen LogP contribution is -2.34. The zero-order valence-corrected chi connectivity index (χ0v) is 12.8. The lowest BCUT2D eigenvalue weighted by molar-refractivity contribution is 0.0762. The molecular formula is C13H20BrN3O. The van der Waals surface area contributed by atoms with Crippen molar-refractivity contribution in [2.24, 2.45) is 0 Å². The number of carbonyl (C=O) groups excluding carboxylic acids is 1. The first-order valence-electron chi connectivity index (χ1n) is 6.26. The summed E-state index contributed by atoms with van der Waals surface area (Å²) in [5, 5.41) is 8.76. The van der Waals surface area contributed by atoms with Gasteiger partial charge in [-0.3, -0.25) is 4.79 Å². The van der Waals surface area contributed by atoms with E-state index in [-0.39, 0.29) is 5.91 Å². The summed E-state index contributed by atoms with van der Waals surface area (Å²) in [6.07, 6.45) is 2.11. The molecule has 1 aromatic rings. The molecule has 1 rings (SSSR count). The topological polar surface area (TPSA) is 46.1 Å². The first-order chi connectivity index (χ1) is 8.60. The second-order valence-corrected chi connectivity index (χ2v) is 5.11. The zero-order valence-electron chi connectivity index (χ0n) is 11.2. The van der Waals surface area contributed by atoms with Gasteiger partial charge in [0.1, 0.15) is 0 Å². The van der Waals surface area contributed by atoms with Gasteiger partial charge in [0.2, 0.25) is 0 Å². The van der Waals surface area contributed by atoms with Gasteiger partial charge in [0.25, 0.3) is 5.91 Å². The molecule has 100 valence electrons. The molecule has 0 bridgehead atoms. The van der Waals surface area contributed by atoms with E-state index >= 15 is 0 Å². The second-order valence-electron chi connectivity index (χ2n) is 4.32. The molecule has 0 aliphatic carbocycles. The lowest BCUT2D eigenvalue weighted by Gasteiger charge is -2.22. The number of carbonyl (C=O) groups is 1. The minimum Gasteiger partial charge on any atom is -0.338 e. The fraction of sp³-hybridized carbons (Fsp3) is 0.615. The normalized spacial score (nSPS) is 10.4. The van der Waals surface area contributed by atoms with Crippen molar-refractivity contribution in [2.75, 3.05) is 18.4 Å². The van der Waals surface area contributed by atoms with Crippen molar-refractivity contribution < 1.29 is 4.79 Å². The van der Waals surface area contributed by atoms with E-state index in [2.05, 4.69) is 33.1 Å². The van der Waals surface area contributed by atoms with E-state index in [0.717, 1.165) is 37.0 Å². The molecule has 0 unspecified atom stereocenters. The van der Waals surface area contributed by atoms with Crippen LogP contribution in [0.15, 0.2) is 6.07 Å². The van der Waals surface area contributed by atoms with E-state index in [0.29, 0.717) is 11.3 Å². The highest BCUT2D eigenvalue weighted by Crippen LogP contribution is 2.10. The molecule has 0 saturated carbocycles. The van der Waals surface area contributed by atoms with Gasteiger partial charge < -0.3 is 4.90 Å². The van der Waals surface area contributed by atoms with Crippen LogP contribution in [0.2, 0.25) is 0 Å². The van der Waals surface area contributed by atoms with E-state index in [4.69, 9.17) is 0 Å². The van der Waals surface area contributed by atoms with Gasteiger partial charge in [0, 0.05) is 18.4 Å². The molecule has 0 spiro atoms. The molecular weight excluding hydrogens is 294 g/mol. The van der Waals surface area contributed by atoms with Gasteiger partial charge in [0.05, 0.1) is 17.0 Å². The first kappa shape index (κ1) is 15.1. The number of aryl methyl sites for hydroxylation is 2. The van der Waals surface area contributed by atoms with Crippen molar-refractivity contribution >= 4 is 21.8 Å². The predicted molar refractivity (Wildman–Crippen MR) is 76.1 cm³/mol. The van der Waals surface area contributed by atoms with Crippen LogP contribution < -0.4 is 0 Å². The highest BCUT2D eigenvalue weighted by Gasteiger charge is 2.17. The first-order valence-corrected chi connectivity index (χ1v) is 7.38. The van der Waals surface area contributed by atoms with Crippen LogP contribution in [0.5, 0.6) is 0 Å². The Morgan fingerprint density at radius 1 is 1.33 bits per heavy atom. The Morgan fingerprint density at radius 3 is 2.67 bits per heavy atom. The SMILES string of the molecule is CCCCN(CCBr)C(=O)c1cc(C)nnc1C. The van der Waals surface area contributed by atoms with Gasteiger partial charge in [-0.25, -0.2) is 0 Å². The van der Waals surface area contributed by atoms with Gasteiger partial charge in [-0.2, -0.15) is 10.2 Å². The summed E-state index contributed by atoms with van der Waals surface area (Å²) in [6, 6.07) is 1.82. The Labute approximate surface area is 117 Å². The molecule has 0 aliphatic heterocycles. The van der Waals surface area contributed by atoms with E-state index in [9.17, 15) is 4.79 Å². The average molecular weight is 314 g/mol. The number of unbranched alkanes of at least 4 members (excludes halogenated alkanes) is 1. The average Bonchev–Trinajstić information content (AvgIpc) is 2.36. The van der Waals surface area contributed by atoms with Gasteiger partial charge in [-0.15, -0.1) is 0 Å². The third kappa shape index (κ3) is 4.05. The Kier molecular flexibility index (Phi) is 6.25. The van der Waals surface area contributed by atoms with E-state index in [1.807, 2.05) is 24.8 Å².